The Kier molecular flexibility index (Phi) is 7.08. The number of nitrogens with one attached hydrogen (secondary N) is 1. The van der Waals surface area contributed by atoms with Gasteiger partial charge in [0.15, 0.2) is 15.1 Å². The molecule has 1 aliphatic rings. The highest BCUT2D eigenvalue weighted by molar-refractivity contribution is 7.92. The van der Waals surface area contributed by atoms with E-state index in [2.05, 4.69) is 22.3 Å². The smallest absolute Gasteiger partial charge is 0.245 e. The molecule has 3 aromatic rings. The van der Waals surface area contributed by atoms with Gasteiger partial charge in [0.1, 0.15) is 5.01 Å². The van der Waals surface area contributed by atoms with E-state index >= 15 is 0 Å². The second-order valence-corrected chi connectivity index (χ2v) is 13.5. The van der Waals surface area contributed by atoms with Crippen LogP contribution in [0.15, 0.2) is 30.6 Å². The second kappa shape index (κ2) is 9.72. The van der Waals surface area contributed by atoms with Crippen molar-refractivity contribution >= 4 is 47.3 Å². The Bertz CT molecular complexity index is 1410. The van der Waals surface area contributed by atoms with Gasteiger partial charge >= 0.3 is 0 Å². The molecule has 2 aromatic heterocycles. The first-order valence-electron chi connectivity index (χ1n) is 11.0. The molecule has 1 amide bonds. The Morgan fingerprint density at radius 3 is 2.71 bits per heavy atom. The first kappa shape index (κ1) is 24.8. The van der Waals surface area contributed by atoms with Crippen LogP contribution >= 0.6 is 11.3 Å². The molecule has 10 nitrogen and oxygen atoms in total. The number of nitrogens with two attached hydrogens (primary N) is 1. The summed E-state index contributed by atoms with van der Waals surface area (Å²) < 4.78 is 51.3. The van der Waals surface area contributed by atoms with Gasteiger partial charge in [0.2, 0.25) is 15.9 Å². The van der Waals surface area contributed by atoms with Crippen molar-refractivity contribution in [1.82, 2.24) is 20.1 Å². The van der Waals surface area contributed by atoms with Crippen LogP contribution in [-0.2, 0) is 31.2 Å². The summed E-state index contributed by atoms with van der Waals surface area (Å²) >= 11 is 1.15. The van der Waals surface area contributed by atoms with Crippen molar-refractivity contribution in [3.63, 3.8) is 0 Å². The highest BCUT2D eigenvalue weighted by Crippen LogP contribution is 2.38. The molecule has 34 heavy (non-hydrogen) atoms. The normalized spacial score (nSPS) is 15.5. The van der Waals surface area contributed by atoms with Crippen LogP contribution in [0.1, 0.15) is 36.4 Å². The molecule has 0 aliphatic heterocycles. The number of sulfonamides is 1. The van der Waals surface area contributed by atoms with Gasteiger partial charge in [-0.25, -0.2) is 27.0 Å². The number of aromatic nitrogens is 3. The van der Waals surface area contributed by atoms with Crippen molar-refractivity contribution in [2.75, 3.05) is 18.1 Å². The monoisotopic (exact) mass is 525 g/mol. The van der Waals surface area contributed by atoms with E-state index in [0.29, 0.717) is 5.52 Å². The zero-order chi connectivity index (χ0) is 24.5. The van der Waals surface area contributed by atoms with Crippen LogP contribution in [-0.4, -0.2) is 55.6 Å². The maximum atomic E-state index is 13.2. The molecule has 1 saturated carbocycles. The fourth-order valence-corrected chi connectivity index (χ4v) is 7.56. The van der Waals surface area contributed by atoms with Crippen LogP contribution in [0.25, 0.3) is 21.3 Å². The van der Waals surface area contributed by atoms with Crippen molar-refractivity contribution < 1.29 is 21.6 Å². The average molecular weight is 526 g/mol. The van der Waals surface area contributed by atoms with Crippen molar-refractivity contribution in [1.29, 1.82) is 0 Å². The summed E-state index contributed by atoms with van der Waals surface area (Å²) in [6.07, 6.45) is 6.32. The highest BCUT2D eigenvalue weighted by Gasteiger charge is 2.40. The molecule has 4 rings (SSSR count). The van der Waals surface area contributed by atoms with E-state index in [9.17, 15) is 21.6 Å². The molecule has 0 spiro atoms. The third-order valence-electron chi connectivity index (χ3n) is 5.50. The number of hydrogen-bond donors (Lipinski definition) is 2. The number of thiazole rings is 1. The maximum Gasteiger partial charge on any atom is 0.245 e. The number of hydrogen-bond acceptors (Lipinski definition) is 8. The van der Waals surface area contributed by atoms with E-state index in [1.54, 1.807) is 12.3 Å². The average Bonchev–Trinajstić information content (AvgIpc) is 3.25. The molecule has 0 radical (unpaired) electrons. The number of nitrogens with zero attached hydrogens (tertiary/aromatic N) is 3. The summed E-state index contributed by atoms with van der Waals surface area (Å²) in [6, 6.07) is 5.59. The van der Waals surface area contributed by atoms with Gasteiger partial charge in [0.25, 0.3) is 0 Å². The predicted molar refractivity (Wildman–Crippen MR) is 131 cm³/mol. The number of aryl methyl sites for hydroxylation is 1. The van der Waals surface area contributed by atoms with Crippen LogP contribution < -0.4 is 10.5 Å². The molecule has 184 valence electrons. The number of amides is 1. The lowest BCUT2D eigenvalue weighted by atomic mass is 10.1. The zero-order valence-corrected chi connectivity index (χ0v) is 21.1. The van der Waals surface area contributed by atoms with Crippen LogP contribution in [0.2, 0.25) is 0 Å². The summed E-state index contributed by atoms with van der Waals surface area (Å²) in [5, 5.41) is 10.4. The summed E-state index contributed by atoms with van der Waals surface area (Å²) in [5.74, 6) is -1.32. The first-order chi connectivity index (χ1) is 16.1. The van der Waals surface area contributed by atoms with E-state index in [-0.39, 0.29) is 23.2 Å². The zero-order valence-electron chi connectivity index (χ0n) is 18.7. The molecular formula is C21H27N5O5S3. The van der Waals surface area contributed by atoms with Crippen molar-refractivity contribution in [3.8, 4) is 11.1 Å². The topological polar surface area (TPSA) is 154 Å². The number of fused-ring (bicyclic) bond motifs is 1. The van der Waals surface area contributed by atoms with E-state index < -0.39 is 36.8 Å². The molecule has 1 atom stereocenters. The van der Waals surface area contributed by atoms with Crippen LogP contribution in [0.3, 0.4) is 0 Å². The van der Waals surface area contributed by atoms with Gasteiger partial charge in [-0.1, -0.05) is 13.0 Å². The third kappa shape index (κ3) is 6.01. The van der Waals surface area contributed by atoms with Crippen LogP contribution in [0.5, 0.6) is 0 Å². The van der Waals surface area contributed by atoms with Gasteiger partial charge in [-0.2, -0.15) is 5.10 Å². The lowest BCUT2D eigenvalue weighted by Crippen LogP contribution is -2.38. The Morgan fingerprint density at radius 2 is 2.03 bits per heavy atom. The summed E-state index contributed by atoms with van der Waals surface area (Å²) in [7, 11) is -7.64. The van der Waals surface area contributed by atoms with Gasteiger partial charge in [-0.05, 0) is 42.9 Å². The summed E-state index contributed by atoms with van der Waals surface area (Å²) in [5.41, 5.74) is 2.44. The van der Waals surface area contributed by atoms with Crippen LogP contribution in [0, 0.1) is 5.92 Å². The lowest BCUT2D eigenvalue weighted by Gasteiger charge is -2.15. The Morgan fingerprint density at radius 1 is 1.26 bits per heavy atom. The SMILES string of the molecule is CCCn1cc(-c2ccc3nc(C(C(=O)NCCS(N)(=O)=O)S(=O)(=O)CC4CC4)sc3c2)cn1. The maximum absolute atomic E-state index is 13.2. The fourth-order valence-electron chi connectivity index (χ4n) is 3.65. The van der Waals surface area contributed by atoms with Gasteiger partial charge in [0, 0.05) is 24.8 Å². The van der Waals surface area contributed by atoms with E-state index in [1.165, 1.54) is 0 Å². The summed E-state index contributed by atoms with van der Waals surface area (Å²) in [6.45, 7) is 2.61. The van der Waals surface area contributed by atoms with E-state index in [4.69, 9.17) is 5.14 Å². The molecule has 1 aromatic carbocycles. The van der Waals surface area contributed by atoms with Gasteiger partial charge < -0.3 is 5.32 Å². The molecule has 1 fully saturated rings. The molecule has 0 bridgehead atoms. The number of carbonyl (C=O) groups is 1. The van der Waals surface area contributed by atoms with Crippen molar-refractivity contribution in [2.45, 2.75) is 38.0 Å². The van der Waals surface area contributed by atoms with E-state index in [0.717, 1.165) is 53.0 Å². The molecular weight excluding hydrogens is 498 g/mol. The Balaban J connectivity index is 1.64. The number of rotatable bonds is 11. The van der Waals surface area contributed by atoms with Gasteiger partial charge in [-0.3, -0.25) is 9.48 Å². The molecule has 0 saturated heterocycles. The van der Waals surface area contributed by atoms with Gasteiger partial charge in [-0.15, -0.1) is 11.3 Å². The fraction of sp³-hybridized carbons (Fsp3) is 0.476. The number of carbonyl (C=O) groups excluding carboxylic acids is 1. The lowest BCUT2D eigenvalue weighted by molar-refractivity contribution is -0.120. The molecule has 1 unspecified atom stereocenters. The minimum Gasteiger partial charge on any atom is -0.354 e. The minimum absolute atomic E-state index is 0.0466. The second-order valence-electron chi connectivity index (χ2n) is 8.54. The molecule has 3 N–H and O–H groups in total. The Labute approximate surface area is 202 Å². The van der Waals surface area contributed by atoms with Crippen molar-refractivity contribution in [2.24, 2.45) is 11.1 Å². The largest absolute Gasteiger partial charge is 0.354 e. The Hall–Kier alpha value is -2.35. The quantitative estimate of drug-likeness (QED) is 0.387. The van der Waals surface area contributed by atoms with E-state index in [1.807, 2.05) is 23.0 Å². The summed E-state index contributed by atoms with van der Waals surface area (Å²) in [4.78, 5) is 17.4. The van der Waals surface area contributed by atoms with Crippen molar-refractivity contribution in [3.05, 3.63) is 35.6 Å². The highest BCUT2D eigenvalue weighted by atomic mass is 32.2. The molecule has 13 heteroatoms. The van der Waals surface area contributed by atoms with Crippen LogP contribution in [0.4, 0.5) is 0 Å². The molecule has 1 aliphatic carbocycles. The minimum atomic E-state index is -3.85. The number of sulfone groups is 1. The predicted octanol–water partition coefficient (Wildman–Crippen LogP) is 1.84. The number of benzene rings is 1. The number of primary sulfonamides is 1. The first-order valence-corrected chi connectivity index (χ1v) is 15.2. The molecule has 2 heterocycles. The standard InChI is InChI=1S/C21H27N5O5S3/c1-2-8-26-12-16(11-24-26)15-5-6-17-18(10-15)32-21(25-17)19(33(28,29)13-14-3-4-14)20(27)23-7-9-34(22,30)31/h5-6,10-12,14,19H,2-4,7-9,13H2,1H3,(H,23,27)(H2,22,30,31). The van der Waals surface area contributed by atoms with Gasteiger partial charge in [0.05, 0.1) is 27.9 Å². The third-order valence-corrected chi connectivity index (χ3v) is 9.59.